The Balaban J connectivity index is 1.69. The molecule has 0 saturated heterocycles. The van der Waals surface area contributed by atoms with Gasteiger partial charge in [-0.1, -0.05) is 79.6 Å². The summed E-state index contributed by atoms with van der Waals surface area (Å²) in [6.45, 7) is 0.644. The molecule has 1 unspecified atom stereocenters. The minimum Gasteiger partial charge on any atom is -0.361 e. The molecule has 1 aliphatic carbocycles. The number of benzene rings is 2. The van der Waals surface area contributed by atoms with Crippen molar-refractivity contribution in [2.45, 2.75) is 44.8 Å². The predicted octanol–water partition coefficient (Wildman–Crippen LogP) is 5.20. The summed E-state index contributed by atoms with van der Waals surface area (Å²) in [4.78, 5) is 0. The van der Waals surface area contributed by atoms with E-state index in [-0.39, 0.29) is 6.10 Å². The van der Waals surface area contributed by atoms with Crippen molar-refractivity contribution in [1.29, 1.82) is 0 Å². The first kappa shape index (κ1) is 15.8. The Hall–Kier alpha value is -2.04. The molecule has 0 heterocycles. The molecule has 1 saturated carbocycles. The van der Waals surface area contributed by atoms with E-state index in [0.717, 1.165) is 5.56 Å². The van der Waals surface area contributed by atoms with Crippen LogP contribution in [0.4, 0.5) is 0 Å². The van der Waals surface area contributed by atoms with Crippen molar-refractivity contribution in [2.75, 3.05) is 0 Å². The van der Waals surface area contributed by atoms with Gasteiger partial charge in [-0.15, -0.1) is 0 Å². The summed E-state index contributed by atoms with van der Waals surface area (Å²) < 4.78 is 6.22. The summed E-state index contributed by atoms with van der Waals surface area (Å²) >= 11 is 0. The van der Waals surface area contributed by atoms with Crippen LogP contribution < -0.4 is 0 Å². The SMILES string of the molecule is C(#CC(OCc1ccccc1)C1CCCCC1)c1ccccc1. The summed E-state index contributed by atoms with van der Waals surface area (Å²) in [5.41, 5.74) is 2.28. The van der Waals surface area contributed by atoms with Gasteiger partial charge in [0, 0.05) is 5.56 Å². The maximum absolute atomic E-state index is 6.22. The quantitative estimate of drug-likeness (QED) is 0.705. The van der Waals surface area contributed by atoms with Gasteiger partial charge in [-0.25, -0.2) is 0 Å². The Morgan fingerprint density at radius 3 is 2.22 bits per heavy atom. The smallest absolute Gasteiger partial charge is 0.121 e. The van der Waals surface area contributed by atoms with Crippen LogP contribution in [-0.4, -0.2) is 6.10 Å². The van der Waals surface area contributed by atoms with Crippen molar-refractivity contribution in [1.82, 2.24) is 0 Å². The van der Waals surface area contributed by atoms with Crippen LogP contribution in [0.25, 0.3) is 0 Å². The van der Waals surface area contributed by atoms with Crippen LogP contribution in [-0.2, 0) is 11.3 Å². The molecule has 0 aliphatic heterocycles. The number of hydrogen-bond donors (Lipinski definition) is 0. The lowest BCUT2D eigenvalue weighted by molar-refractivity contribution is 0.0270. The second-order valence-electron chi connectivity index (χ2n) is 6.25. The van der Waals surface area contributed by atoms with Gasteiger partial charge in [-0.2, -0.15) is 0 Å². The van der Waals surface area contributed by atoms with E-state index in [2.05, 4.69) is 48.2 Å². The molecular weight excluding hydrogens is 280 g/mol. The number of ether oxygens (including phenoxy) is 1. The fourth-order valence-corrected chi connectivity index (χ4v) is 3.17. The molecule has 1 aliphatic rings. The molecular formula is C22H24O. The molecule has 0 aromatic heterocycles. The molecule has 3 rings (SSSR count). The predicted molar refractivity (Wildman–Crippen MR) is 94.9 cm³/mol. The summed E-state index contributed by atoms with van der Waals surface area (Å²) in [5, 5.41) is 0. The molecule has 0 spiro atoms. The van der Waals surface area contributed by atoms with Crippen LogP contribution in [0.2, 0.25) is 0 Å². The van der Waals surface area contributed by atoms with Crippen molar-refractivity contribution < 1.29 is 4.74 Å². The van der Waals surface area contributed by atoms with Gasteiger partial charge >= 0.3 is 0 Å². The van der Waals surface area contributed by atoms with E-state index in [1.165, 1.54) is 37.7 Å². The van der Waals surface area contributed by atoms with Gasteiger partial charge in [0.1, 0.15) is 6.10 Å². The maximum atomic E-state index is 6.22. The van der Waals surface area contributed by atoms with Crippen LogP contribution in [0.1, 0.15) is 43.2 Å². The highest BCUT2D eigenvalue weighted by Crippen LogP contribution is 2.28. The fourth-order valence-electron chi connectivity index (χ4n) is 3.17. The number of rotatable bonds is 4. The lowest BCUT2D eigenvalue weighted by atomic mass is 9.85. The lowest BCUT2D eigenvalue weighted by Gasteiger charge is -2.27. The molecule has 1 atom stereocenters. The molecule has 1 heteroatoms. The van der Waals surface area contributed by atoms with E-state index in [1.54, 1.807) is 0 Å². The Morgan fingerprint density at radius 1 is 0.870 bits per heavy atom. The van der Waals surface area contributed by atoms with Crippen LogP contribution in [0.15, 0.2) is 60.7 Å². The minimum absolute atomic E-state index is 0.0377. The van der Waals surface area contributed by atoms with Crippen molar-refractivity contribution in [3.05, 3.63) is 71.8 Å². The topological polar surface area (TPSA) is 9.23 Å². The Bertz CT molecular complexity index is 630. The molecule has 2 aromatic carbocycles. The maximum Gasteiger partial charge on any atom is 0.121 e. The van der Waals surface area contributed by atoms with Crippen molar-refractivity contribution in [3.63, 3.8) is 0 Å². The summed E-state index contributed by atoms with van der Waals surface area (Å²) in [7, 11) is 0. The number of hydrogen-bond acceptors (Lipinski definition) is 1. The highest BCUT2D eigenvalue weighted by Gasteiger charge is 2.22. The zero-order chi connectivity index (χ0) is 15.7. The van der Waals surface area contributed by atoms with Gasteiger partial charge in [-0.05, 0) is 36.5 Å². The zero-order valence-electron chi connectivity index (χ0n) is 13.6. The van der Waals surface area contributed by atoms with E-state index in [0.29, 0.717) is 12.5 Å². The van der Waals surface area contributed by atoms with Crippen molar-refractivity contribution in [3.8, 4) is 11.8 Å². The van der Waals surface area contributed by atoms with Gasteiger partial charge in [-0.3, -0.25) is 0 Å². The average molecular weight is 304 g/mol. The molecule has 118 valence electrons. The third kappa shape index (κ3) is 4.98. The van der Waals surface area contributed by atoms with Gasteiger partial charge in [0.15, 0.2) is 0 Å². The molecule has 2 aromatic rings. The van der Waals surface area contributed by atoms with Crippen LogP contribution in [0, 0.1) is 17.8 Å². The summed E-state index contributed by atoms with van der Waals surface area (Å²) in [5.74, 6) is 7.28. The van der Waals surface area contributed by atoms with E-state index >= 15 is 0 Å². The Kier molecular flexibility index (Phi) is 5.89. The van der Waals surface area contributed by atoms with E-state index < -0.39 is 0 Å². The highest BCUT2D eigenvalue weighted by atomic mass is 16.5. The van der Waals surface area contributed by atoms with Crippen molar-refractivity contribution in [2.24, 2.45) is 5.92 Å². The molecule has 0 amide bonds. The average Bonchev–Trinajstić information content (AvgIpc) is 2.64. The molecule has 1 nitrogen and oxygen atoms in total. The van der Waals surface area contributed by atoms with Gasteiger partial charge in [0.05, 0.1) is 6.61 Å². The van der Waals surface area contributed by atoms with Gasteiger partial charge < -0.3 is 4.74 Å². The summed E-state index contributed by atoms with van der Waals surface area (Å²) in [6.07, 6.45) is 6.49. The summed E-state index contributed by atoms with van der Waals surface area (Å²) in [6, 6.07) is 20.6. The zero-order valence-corrected chi connectivity index (χ0v) is 13.6. The van der Waals surface area contributed by atoms with E-state index in [1.807, 2.05) is 24.3 Å². The van der Waals surface area contributed by atoms with Crippen LogP contribution in [0.3, 0.4) is 0 Å². The molecule has 0 bridgehead atoms. The van der Waals surface area contributed by atoms with Crippen LogP contribution in [0.5, 0.6) is 0 Å². The highest BCUT2D eigenvalue weighted by molar-refractivity contribution is 5.34. The second kappa shape index (κ2) is 8.56. The lowest BCUT2D eigenvalue weighted by Crippen LogP contribution is -2.24. The molecule has 0 radical (unpaired) electrons. The normalized spacial score (nSPS) is 16.3. The Labute approximate surface area is 139 Å². The molecule has 0 N–H and O–H groups in total. The molecule has 23 heavy (non-hydrogen) atoms. The van der Waals surface area contributed by atoms with Crippen LogP contribution >= 0.6 is 0 Å². The largest absolute Gasteiger partial charge is 0.361 e. The minimum atomic E-state index is 0.0377. The van der Waals surface area contributed by atoms with Crippen molar-refractivity contribution >= 4 is 0 Å². The third-order valence-corrected chi connectivity index (χ3v) is 4.48. The monoisotopic (exact) mass is 304 g/mol. The second-order valence-corrected chi connectivity index (χ2v) is 6.25. The standard InChI is InChI=1S/C22H24O/c1-4-10-19(11-5-1)16-17-22(21-14-8-3-9-15-21)23-18-20-12-6-2-7-13-20/h1-2,4-7,10-13,21-22H,3,8-9,14-15,18H2. The molecule has 1 fully saturated rings. The fraction of sp³-hybridized carbons (Fsp3) is 0.364. The van der Waals surface area contributed by atoms with Gasteiger partial charge in [0.25, 0.3) is 0 Å². The van der Waals surface area contributed by atoms with E-state index in [9.17, 15) is 0 Å². The Morgan fingerprint density at radius 2 is 1.52 bits per heavy atom. The first-order valence-corrected chi connectivity index (χ1v) is 8.64. The third-order valence-electron chi connectivity index (χ3n) is 4.48. The first-order valence-electron chi connectivity index (χ1n) is 8.64. The van der Waals surface area contributed by atoms with Gasteiger partial charge in [0.2, 0.25) is 0 Å². The first-order chi connectivity index (χ1) is 11.4. The van der Waals surface area contributed by atoms with E-state index in [4.69, 9.17) is 4.74 Å².